The van der Waals surface area contributed by atoms with Gasteiger partial charge in [0.25, 0.3) is 5.91 Å². The largest absolute Gasteiger partial charge is 0.508 e. The van der Waals surface area contributed by atoms with E-state index in [2.05, 4.69) is 0 Å². The van der Waals surface area contributed by atoms with Gasteiger partial charge in [-0.2, -0.15) is 0 Å². The van der Waals surface area contributed by atoms with Crippen molar-refractivity contribution in [1.82, 2.24) is 4.90 Å². The highest BCUT2D eigenvalue weighted by Gasteiger charge is 2.22. The predicted molar refractivity (Wildman–Crippen MR) is 84.4 cm³/mol. The van der Waals surface area contributed by atoms with E-state index in [1.165, 1.54) is 0 Å². The summed E-state index contributed by atoms with van der Waals surface area (Å²) in [4.78, 5) is 14.4. The fourth-order valence-corrected chi connectivity index (χ4v) is 2.45. The SMILES string of the molecule is CCc1ccccc1C(=O)N(C)C(C)c1ccccc1O. The van der Waals surface area contributed by atoms with Crippen LogP contribution in [0.2, 0.25) is 0 Å². The number of phenolic OH excluding ortho intramolecular Hbond substituents is 1. The van der Waals surface area contributed by atoms with Crippen LogP contribution in [0.4, 0.5) is 0 Å². The second-order valence-electron chi connectivity index (χ2n) is 5.16. The molecule has 21 heavy (non-hydrogen) atoms. The number of nitrogens with zero attached hydrogens (tertiary/aromatic N) is 1. The van der Waals surface area contributed by atoms with Gasteiger partial charge in [0.2, 0.25) is 0 Å². The summed E-state index contributed by atoms with van der Waals surface area (Å²) >= 11 is 0. The molecule has 0 aliphatic rings. The fraction of sp³-hybridized carbons (Fsp3) is 0.278. The minimum Gasteiger partial charge on any atom is -0.508 e. The molecule has 110 valence electrons. The highest BCUT2D eigenvalue weighted by Crippen LogP contribution is 2.28. The van der Waals surface area contributed by atoms with Crippen molar-refractivity contribution < 1.29 is 9.90 Å². The molecule has 1 N–H and O–H groups in total. The van der Waals surface area contributed by atoms with Gasteiger partial charge in [0.05, 0.1) is 6.04 Å². The maximum absolute atomic E-state index is 12.7. The number of para-hydroxylation sites is 1. The molecule has 3 nitrogen and oxygen atoms in total. The normalized spacial score (nSPS) is 12.0. The first-order valence-electron chi connectivity index (χ1n) is 7.19. The molecule has 0 fully saturated rings. The van der Waals surface area contributed by atoms with Gasteiger partial charge in [-0.25, -0.2) is 0 Å². The van der Waals surface area contributed by atoms with Crippen molar-refractivity contribution in [2.45, 2.75) is 26.3 Å². The van der Waals surface area contributed by atoms with Crippen LogP contribution in [0.15, 0.2) is 48.5 Å². The van der Waals surface area contributed by atoms with Gasteiger partial charge in [0.1, 0.15) is 5.75 Å². The summed E-state index contributed by atoms with van der Waals surface area (Å²) in [7, 11) is 1.77. The molecule has 2 rings (SSSR count). The van der Waals surface area contributed by atoms with Crippen molar-refractivity contribution in [3.8, 4) is 5.75 Å². The number of phenols is 1. The van der Waals surface area contributed by atoms with Crippen molar-refractivity contribution in [1.29, 1.82) is 0 Å². The van der Waals surface area contributed by atoms with Gasteiger partial charge in [-0.05, 0) is 31.0 Å². The Morgan fingerprint density at radius 2 is 1.76 bits per heavy atom. The standard InChI is InChI=1S/C18H21NO2/c1-4-14-9-5-6-11-16(14)18(21)19(3)13(2)15-10-7-8-12-17(15)20/h5-13,20H,4H2,1-3H3. The van der Waals surface area contributed by atoms with Crippen LogP contribution < -0.4 is 0 Å². The maximum atomic E-state index is 12.7. The number of hydrogen-bond acceptors (Lipinski definition) is 2. The van der Waals surface area contributed by atoms with E-state index in [1.54, 1.807) is 24.1 Å². The van der Waals surface area contributed by atoms with E-state index in [4.69, 9.17) is 0 Å². The summed E-state index contributed by atoms with van der Waals surface area (Å²) in [5.41, 5.74) is 2.52. The number of benzene rings is 2. The lowest BCUT2D eigenvalue weighted by Gasteiger charge is -2.26. The van der Waals surface area contributed by atoms with E-state index < -0.39 is 0 Å². The van der Waals surface area contributed by atoms with Crippen LogP contribution in [0, 0.1) is 0 Å². The highest BCUT2D eigenvalue weighted by molar-refractivity contribution is 5.95. The third-order valence-electron chi connectivity index (χ3n) is 3.92. The number of rotatable bonds is 4. The lowest BCUT2D eigenvalue weighted by Crippen LogP contribution is -2.30. The second-order valence-corrected chi connectivity index (χ2v) is 5.16. The highest BCUT2D eigenvalue weighted by atomic mass is 16.3. The first kappa shape index (κ1) is 15.1. The molecule has 0 aliphatic heterocycles. The molecule has 0 aromatic heterocycles. The van der Waals surface area contributed by atoms with Gasteiger partial charge in [0, 0.05) is 18.2 Å². The molecule has 2 aromatic carbocycles. The zero-order valence-corrected chi connectivity index (χ0v) is 12.7. The summed E-state index contributed by atoms with van der Waals surface area (Å²) in [6, 6.07) is 14.6. The van der Waals surface area contributed by atoms with Crippen LogP contribution >= 0.6 is 0 Å². The van der Waals surface area contributed by atoms with Crippen molar-refractivity contribution in [2.24, 2.45) is 0 Å². The van der Waals surface area contributed by atoms with Crippen LogP contribution in [0.1, 0.15) is 41.4 Å². The Hall–Kier alpha value is -2.29. The molecule has 1 unspecified atom stereocenters. The van der Waals surface area contributed by atoms with Crippen LogP contribution in [-0.2, 0) is 6.42 Å². The van der Waals surface area contributed by atoms with Gasteiger partial charge in [-0.1, -0.05) is 43.3 Å². The number of aromatic hydroxyl groups is 1. The van der Waals surface area contributed by atoms with Crippen LogP contribution in [0.25, 0.3) is 0 Å². The lowest BCUT2D eigenvalue weighted by molar-refractivity contribution is 0.0740. The van der Waals surface area contributed by atoms with Crippen LogP contribution in [0.5, 0.6) is 5.75 Å². The van der Waals surface area contributed by atoms with Crippen molar-refractivity contribution >= 4 is 5.91 Å². The number of aryl methyl sites for hydroxylation is 1. The quantitative estimate of drug-likeness (QED) is 0.927. The zero-order chi connectivity index (χ0) is 15.4. The van der Waals surface area contributed by atoms with Crippen molar-refractivity contribution in [3.63, 3.8) is 0 Å². The Labute approximate surface area is 125 Å². The maximum Gasteiger partial charge on any atom is 0.254 e. The third-order valence-corrected chi connectivity index (χ3v) is 3.92. The molecule has 1 amide bonds. The summed E-state index contributed by atoms with van der Waals surface area (Å²) < 4.78 is 0. The van der Waals surface area contributed by atoms with Gasteiger partial charge in [0.15, 0.2) is 0 Å². The fourth-order valence-electron chi connectivity index (χ4n) is 2.45. The van der Waals surface area contributed by atoms with E-state index in [9.17, 15) is 9.90 Å². The van der Waals surface area contributed by atoms with Crippen molar-refractivity contribution in [2.75, 3.05) is 7.05 Å². The number of carbonyl (C=O) groups excluding carboxylic acids is 1. The first-order valence-corrected chi connectivity index (χ1v) is 7.19. The average molecular weight is 283 g/mol. The Morgan fingerprint density at radius 3 is 2.43 bits per heavy atom. The molecule has 0 aliphatic carbocycles. The minimum atomic E-state index is -0.191. The van der Waals surface area contributed by atoms with E-state index in [0.717, 1.165) is 23.1 Å². The molecule has 1 atom stereocenters. The molecule has 0 saturated carbocycles. The molecule has 3 heteroatoms. The molecule has 0 radical (unpaired) electrons. The third kappa shape index (κ3) is 3.07. The topological polar surface area (TPSA) is 40.5 Å². The van der Waals surface area contributed by atoms with Crippen LogP contribution in [0.3, 0.4) is 0 Å². The first-order chi connectivity index (χ1) is 10.1. The smallest absolute Gasteiger partial charge is 0.254 e. The predicted octanol–water partition coefficient (Wildman–Crippen LogP) is 3.79. The summed E-state index contributed by atoms with van der Waals surface area (Å²) in [5, 5.41) is 9.94. The molecular formula is C18H21NO2. The molecule has 0 bridgehead atoms. The van der Waals surface area contributed by atoms with Gasteiger partial charge >= 0.3 is 0 Å². The summed E-state index contributed by atoms with van der Waals surface area (Å²) in [6.45, 7) is 3.96. The van der Waals surface area contributed by atoms with Crippen LogP contribution in [-0.4, -0.2) is 23.0 Å². The van der Waals surface area contributed by atoms with Gasteiger partial charge < -0.3 is 10.0 Å². The Morgan fingerprint density at radius 1 is 1.14 bits per heavy atom. The van der Waals surface area contributed by atoms with Gasteiger partial charge in [-0.3, -0.25) is 4.79 Å². The van der Waals surface area contributed by atoms with E-state index >= 15 is 0 Å². The van der Waals surface area contributed by atoms with E-state index in [-0.39, 0.29) is 17.7 Å². The number of amides is 1. The summed E-state index contributed by atoms with van der Waals surface area (Å²) in [5.74, 6) is 0.191. The Kier molecular flexibility index (Phi) is 4.63. The molecule has 2 aromatic rings. The zero-order valence-electron chi connectivity index (χ0n) is 12.7. The minimum absolute atomic E-state index is 0.0248. The lowest BCUT2D eigenvalue weighted by atomic mass is 10.0. The molecule has 0 saturated heterocycles. The second kappa shape index (κ2) is 6.44. The van der Waals surface area contributed by atoms with E-state index in [1.807, 2.05) is 50.2 Å². The molecule has 0 spiro atoms. The Balaban J connectivity index is 2.29. The number of carbonyl (C=O) groups is 1. The van der Waals surface area contributed by atoms with Crippen molar-refractivity contribution in [3.05, 3.63) is 65.2 Å². The van der Waals surface area contributed by atoms with E-state index in [0.29, 0.717) is 0 Å². The Bertz CT molecular complexity index is 637. The summed E-state index contributed by atoms with van der Waals surface area (Å²) in [6.07, 6.45) is 0.820. The number of hydrogen-bond donors (Lipinski definition) is 1. The molecule has 0 heterocycles. The van der Waals surface area contributed by atoms with Gasteiger partial charge in [-0.15, -0.1) is 0 Å². The average Bonchev–Trinajstić information content (AvgIpc) is 2.53. The molecular weight excluding hydrogens is 262 g/mol. The monoisotopic (exact) mass is 283 g/mol.